The van der Waals surface area contributed by atoms with Gasteiger partial charge >= 0.3 is 0 Å². The number of unbranched alkanes of at least 4 members (excludes halogenated alkanes) is 4. The third kappa shape index (κ3) is 12.3. The summed E-state index contributed by atoms with van der Waals surface area (Å²) in [5, 5.41) is 0. The summed E-state index contributed by atoms with van der Waals surface area (Å²) >= 11 is 0. The summed E-state index contributed by atoms with van der Waals surface area (Å²) in [7, 11) is -1.48. The topological polar surface area (TPSA) is 57.2 Å². The highest BCUT2D eigenvalue weighted by molar-refractivity contribution is 7.84. The van der Waals surface area contributed by atoms with E-state index >= 15 is 0 Å². The van der Waals surface area contributed by atoms with E-state index in [1.165, 1.54) is 69.1 Å². The Morgan fingerprint density at radius 2 is 1.50 bits per heavy atom. The van der Waals surface area contributed by atoms with Crippen molar-refractivity contribution in [3.8, 4) is 0 Å². The van der Waals surface area contributed by atoms with Crippen LogP contribution in [0.3, 0.4) is 0 Å². The molecule has 110 valence electrons. The van der Waals surface area contributed by atoms with Crippen molar-refractivity contribution in [2.24, 2.45) is 0 Å². The first-order chi connectivity index (χ1) is 8.27. The second-order valence-electron chi connectivity index (χ2n) is 5.62. The van der Waals surface area contributed by atoms with Crippen LogP contribution in [-0.4, -0.2) is 50.4 Å². The van der Waals surface area contributed by atoms with Crippen LogP contribution < -0.4 is 0 Å². The van der Waals surface area contributed by atoms with Gasteiger partial charge in [0, 0.05) is 19.1 Å². The summed E-state index contributed by atoms with van der Waals surface area (Å²) in [6.45, 7) is 6.60. The molecule has 0 atom stereocenters. The molecule has 1 heterocycles. The third-order valence-electron chi connectivity index (χ3n) is 3.45. The van der Waals surface area contributed by atoms with Gasteiger partial charge < -0.3 is 9.04 Å². The number of rotatable bonds is 6. The zero-order valence-corrected chi connectivity index (χ0v) is 13.0. The molecule has 0 unspecified atom stereocenters. The van der Waals surface area contributed by atoms with Gasteiger partial charge in [-0.1, -0.05) is 26.2 Å². The Morgan fingerprint density at radius 3 is 1.94 bits per heavy atom. The SMILES string of the molecule is CCCCCCC[N+]1(C)CCCC1.CS(=O)(=O)[O-]. The summed E-state index contributed by atoms with van der Waals surface area (Å²) in [6.07, 6.45) is 10.7. The lowest BCUT2D eigenvalue weighted by Crippen LogP contribution is -2.41. The molecule has 0 bridgehead atoms. The molecule has 1 aliphatic rings. The molecule has 0 amide bonds. The predicted molar refractivity (Wildman–Crippen MR) is 74.4 cm³/mol. The highest BCUT2D eigenvalue weighted by atomic mass is 32.2. The molecule has 0 aromatic heterocycles. The first-order valence-corrected chi connectivity index (χ1v) is 8.83. The molecular formula is C13H29NO3S. The van der Waals surface area contributed by atoms with Gasteiger partial charge in [-0.25, -0.2) is 8.42 Å². The Hall–Kier alpha value is -0.130. The maximum Gasteiger partial charge on any atom is 0.0916 e. The Balaban J connectivity index is 0.000000494. The molecule has 1 aliphatic heterocycles. The van der Waals surface area contributed by atoms with Gasteiger partial charge in [-0.2, -0.15) is 0 Å². The summed E-state index contributed by atoms with van der Waals surface area (Å²) in [6, 6.07) is 0. The van der Waals surface area contributed by atoms with Crippen LogP contribution in [0, 0.1) is 0 Å². The fourth-order valence-electron chi connectivity index (χ4n) is 2.42. The molecule has 1 saturated heterocycles. The van der Waals surface area contributed by atoms with Crippen LogP contribution in [0.4, 0.5) is 0 Å². The van der Waals surface area contributed by atoms with Crippen LogP contribution in [0.2, 0.25) is 0 Å². The van der Waals surface area contributed by atoms with E-state index in [0.717, 1.165) is 0 Å². The Bertz CT molecular complexity index is 287. The van der Waals surface area contributed by atoms with Crippen molar-refractivity contribution in [1.82, 2.24) is 0 Å². The Kier molecular flexibility index (Phi) is 8.82. The first-order valence-electron chi connectivity index (χ1n) is 7.01. The molecule has 4 nitrogen and oxygen atoms in total. The van der Waals surface area contributed by atoms with Crippen molar-refractivity contribution in [3.63, 3.8) is 0 Å². The lowest BCUT2D eigenvalue weighted by Gasteiger charge is -2.29. The zero-order valence-electron chi connectivity index (χ0n) is 12.2. The monoisotopic (exact) mass is 279 g/mol. The molecule has 0 aliphatic carbocycles. The lowest BCUT2D eigenvalue weighted by molar-refractivity contribution is -0.897. The van der Waals surface area contributed by atoms with Crippen molar-refractivity contribution >= 4 is 10.1 Å². The number of nitrogens with zero attached hydrogens (tertiary/aromatic N) is 1. The zero-order chi connectivity index (χ0) is 14.1. The average molecular weight is 279 g/mol. The van der Waals surface area contributed by atoms with Gasteiger partial charge in [0.1, 0.15) is 0 Å². The lowest BCUT2D eigenvalue weighted by atomic mass is 10.1. The molecule has 0 saturated carbocycles. The first kappa shape index (κ1) is 17.9. The second-order valence-corrected chi connectivity index (χ2v) is 7.02. The van der Waals surface area contributed by atoms with Gasteiger partial charge in [0.05, 0.1) is 36.8 Å². The molecule has 0 aromatic carbocycles. The van der Waals surface area contributed by atoms with Crippen LogP contribution >= 0.6 is 0 Å². The second kappa shape index (κ2) is 8.88. The quantitative estimate of drug-likeness (QED) is 0.426. The van der Waals surface area contributed by atoms with Crippen LogP contribution in [0.15, 0.2) is 0 Å². The number of likely N-dealkylation sites (tertiary alicyclic amines) is 1. The van der Waals surface area contributed by atoms with Crippen molar-refractivity contribution < 1.29 is 17.5 Å². The van der Waals surface area contributed by atoms with Crippen molar-refractivity contribution in [1.29, 1.82) is 0 Å². The van der Waals surface area contributed by atoms with E-state index in [4.69, 9.17) is 13.0 Å². The largest absolute Gasteiger partial charge is 0.748 e. The van der Waals surface area contributed by atoms with Crippen molar-refractivity contribution in [2.45, 2.75) is 51.9 Å². The molecule has 1 fully saturated rings. The number of quaternary nitrogens is 1. The van der Waals surface area contributed by atoms with E-state index in [-0.39, 0.29) is 0 Å². The number of hydrogen-bond acceptors (Lipinski definition) is 3. The Morgan fingerprint density at radius 1 is 1.06 bits per heavy atom. The number of hydrogen-bond donors (Lipinski definition) is 0. The smallest absolute Gasteiger partial charge is 0.0916 e. The van der Waals surface area contributed by atoms with Crippen LogP contribution in [0.1, 0.15) is 51.9 Å². The molecule has 1 rings (SSSR count). The van der Waals surface area contributed by atoms with Gasteiger partial charge in [-0.3, -0.25) is 0 Å². The van der Waals surface area contributed by atoms with Gasteiger partial charge in [0.2, 0.25) is 0 Å². The standard InChI is InChI=1S/C12H26N.CH4O3S/c1-3-4-5-6-7-10-13(2)11-8-9-12-13;1-5(2,3)4/h3-12H2,1-2H3;1H3,(H,2,3,4)/q+1;/p-1. The van der Waals surface area contributed by atoms with Crippen LogP contribution in [0.5, 0.6) is 0 Å². The predicted octanol–water partition coefficient (Wildman–Crippen LogP) is 2.36. The fourth-order valence-corrected chi connectivity index (χ4v) is 2.42. The van der Waals surface area contributed by atoms with Crippen molar-refractivity contribution in [2.75, 3.05) is 32.9 Å². The van der Waals surface area contributed by atoms with Crippen molar-refractivity contribution in [3.05, 3.63) is 0 Å². The minimum atomic E-state index is -3.92. The maximum absolute atomic E-state index is 9.08. The van der Waals surface area contributed by atoms with E-state index in [1.807, 2.05) is 0 Å². The molecular weight excluding hydrogens is 250 g/mol. The van der Waals surface area contributed by atoms with E-state index in [2.05, 4.69) is 14.0 Å². The highest BCUT2D eigenvalue weighted by Crippen LogP contribution is 2.17. The fraction of sp³-hybridized carbons (Fsp3) is 1.00. The normalized spacial score (nSPS) is 18.2. The summed E-state index contributed by atoms with van der Waals surface area (Å²) in [5.74, 6) is 0. The average Bonchev–Trinajstić information content (AvgIpc) is 2.63. The van der Waals surface area contributed by atoms with Crippen LogP contribution in [0.25, 0.3) is 0 Å². The summed E-state index contributed by atoms with van der Waals surface area (Å²) in [5.41, 5.74) is 0. The summed E-state index contributed by atoms with van der Waals surface area (Å²) < 4.78 is 28.6. The van der Waals surface area contributed by atoms with Crippen LogP contribution in [-0.2, 0) is 10.1 Å². The van der Waals surface area contributed by atoms with Gasteiger partial charge in [-0.05, 0) is 12.8 Å². The van der Waals surface area contributed by atoms with Gasteiger partial charge in [0.25, 0.3) is 0 Å². The van der Waals surface area contributed by atoms with E-state index in [0.29, 0.717) is 6.26 Å². The highest BCUT2D eigenvalue weighted by Gasteiger charge is 2.25. The van der Waals surface area contributed by atoms with Gasteiger partial charge in [0.15, 0.2) is 0 Å². The molecule has 18 heavy (non-hydrogen) atoms. The van der Waals surface area contributed by atoms with Gasteiger partial charge in [-0.15, -0.1) is 0 Å². The minimum absolute atomic E-state index is 0.604. The van der Waals surface area contributed by atoms with E-state index in [9.17, 15) is 0 Å². The van der Waals surface area contributed by atoms with E-state index in [1.54, 1.807) is 0 Å². The maximum atomic E-state index is 9.08. The molecule has 0 spiro atoms. The van der Waals surface area contributed by atoms with E-state index < -0.39 is 10.1 Å². The molecule has 0 radical (unpaired) electrons. The summed E-state index contributed by atoms with van der Waals surface area (Å²) in [4.78, 5) is 0. The molecule has 0 N–H and O–H groups in total. The third-order valence-corrected chi connectivity index (χ3v) is 3.45. The Labute approximate surface area is 113 Å². The molecule has 5 heteroatoms. The minimum Gasteiger partial charge on any atom is -0.748 e. The molecule has 0 aromatic rings.